The van der Waals surface area contributed by atoms with Gasteiger partial charge in [0.2, 0.25) is 0 Å². The summed E-state index contributed by atoms with van der Waals surface area (Å²) >= 11 is 0. The van der Waals surface area contributed by atoms with Gasteiger partial charge in [0.15, 0.2) is 11.4 Å². The van der Waals surface area contributed by atoms with Gasteiger partial charge < -0.3 is 45.6 Å². The number of nitrogens with zero attached hydrogens (tertiary/aromatic N) is 6. The maximum absolute atomic E-state index is 13.2. The van der Waals surface area contributed by atoms with Crippen LogP contribution in [0.3, 0.4) is 0 Å². The summed E-state index contributed by atoms with van der Waals surface area (Å²) in [4.78, 5) is 27.9. The van der Waals surface area contributed by atoms with E-state index in [1.54, 1.807) is 48.9 Å². The van der Waals surface area contributed by atoms with Crippen LogP contribution in [0.4, 0.5) is 21.9 Å². The fraction of sp³-hybridized carbons (Fsp3) is 0.413. The summed E-state index contributed by atoms with van der Waals surface area (Å²) in [7, 11) is 4.18. The molecule has 0 aliphatic heterocycles. The lowest BCUT2D eigenvalue weighted by molar-refractivity contribution is -0.708. The first-order valence-electron chi connectivity index (χ1n) is 20.6. The summed E-state index contributed by atoms with van der Waals surface area (Å²) in [5.41, 5.74) is 14.1. The largest absolute Gasteiger partial charge is 0.539 e. The zero-order chi connectivity index (χ0) is 45.8. The molecule has 2 aromatic rings. The molecular formula is C46H58N9O8+. The minimum atomic E-state index is -0.944. The van der Waals surface area contributed by atoms with Crippen LogP contribution in [0.1, 0.15) is 87.8 Å². The average molecular weight is 865 g/mol. The molecule has 0 radical (unpaired) electrons. The van der Waals surface area contributed by atoms with Gasteiger partial charge in [0.05, 0.1) is 63.5 Å². The number of hydroxylamine groups is 1. The highest BCUT2D eigenvalue weighted by Gasteiger charge is 2.38. The molecule has 0 bridgehead atoms. The highest BCUT2D eigenvalue weighted by atomic mass is 16.7. The summed E-state index contributed by atoms with van der Waals surface area (Å²) in [6.07, 6.45) is 19.4. The fourth-order valence-electron chi connectivity index (χ4n) is 7.28. The quantitative estimate of drug-likeness (QED) is 0.0201. The summed E-state index contributed by atoms with van der Waals surface area (Å²) < 4.78 is 23.8. The van der Waals surface area contributed by atoms with Gasteiger partial charge in [-0.05, 0) is 75.6 Å². The number of urea groups is 1. The number of nitrogen functional groups attached to an aromatic ring is 2. The second kappa shape index (κ2) is 23.8. The lowest BCUT2D eigenvalue weighted by Crippen LogP contribution is -2.39. The summed E-state index contributed by atoms with van der Waals surface area (Å²) in [5.74, 6) is 0.956. The molecule has 0 aromatic heterocycles. The number of benzene rings is 2. The molecule has 2 amide bonds. The SMILES string of the molecule is C=C/C=C\C(OC)=[N+](\OC)C(=O)Nc1cc(C=NC2CCC(CC#N)(OC(/C=C\C=C\c3cc(C=NC4CCC(O)(CC#N)CC4)c(N)cc3OCC)=N\O)CC2)c(N)cc1OC. The first-order chi connectivity index (χ1) is 30.4. The molecule has 4 rings (SSSR count). The second-order valence-corrected chi connectivity index (χ2v) is 15.0. The first-order valence-corrected chi connectivity index (χ1v) is 20.6. The highest BCUT2D eigenvalue weighted by molar-refractivity contribution is 5.96. The number of amides is 2. The predicted octanol–water partition coefficient (Wildman–Crippen LogP) is 7.25. The first kappa shape index (κ1) is 48.6. The molecule has 0 saturated heterocycles. The molecule has 2 aliphatic carbocycles. The second-order valence-electron chi connectivity index (χ2n) is 15.0. The molecule has 63 heavy (non-hydrogen) atoms. The van der Waals surface area contributed by atoms with Crippen LogP contribution in [0, 0.1) is 22.7 Å². The Hall–Kier alpha value is -7.11. The van der Waals surface area contributed by atoms with Crippen molar-refractivity contribution in [3.63, 3.8) is 0 Å². The van der Waals surface area contributed by atoms with Gasteiger partial charge in [-0.3, -0.25) is 9.98 Å². The third-order valence-corrected chi connectivity index (χ3v) is 10.8. The van der Waals surface area contributed by atoms with E-state index in [0.717, 1.165) is 10.3 Å². The number of ether oxygens (including phenoxy) is 4. The van der Waals surface area contributed by atoms with Gasteiger partial charge >= 0.3 is 11.9 Å². The monoisotopic (exact) mass is 864 g/mol. The van der Waals surface area contributed by atoms with E-state index in [4.69, 9.17) is 50.5 Å². The van der Waals surface area contributed by atoms with Crippen LogP contribution >= 0.6 is 0 Å². The Bertz CT molecular complexity index is 2220. The van der Waals surface area contributed by atoms with Crippen molar-refractivity contribution >= 4 is 53.4 Å². The van der Waals surface area contributed by atoms with Gasteiger partial charge in [0.1, 0.15) is 18.5 Å². The van der Waals surface area contributed by atoms with Crippen LogP contribution in [-0.4, -0.2) is 96.5 Å². The third-order valence-electron chi connectivity index (χ3n) is 10.8. The zero-order valence-electron chi connectivity index (χ0n) is 36.3. The number of aliphatic hydroxyl groups is 1. The summed E-state index contributed by atoms with van der Waals surface area (Å²) in [6.45, 7) is 5.93. The van der Waals surface area contributed by atoms with Crippen LogP contribution in [0.2, 0.25) is 0 Å². The van der Waals surface area contributed by atoms with E-state index < -0.39 is 17.2 Å². The smallest absolute Gasteiger partial charge is 0.493 e. The highest BCUT2D eigenvalue weighted by Crippen LogP contribution is 2.37. The van der Waals surface area contributed by atoms with Crippen molar-refractivity contribution in [1.82, 2.24) is 0 Å². The number of carbonyl (C=O) groups excluding carboxylic acids is 1. The molecule has 2 fully saturated rings. The molecule has 2 aliphatic rings. The molecular weight excluding hydrogens is 807 g/mol. The van der Waals surface area contributed by atoms with Crippen LogP contribution in [0.5, 0.6) is 11.5 Å². The van der Waals surface area contributed by atoms with E-state index in [9.17, 15) is 20.4 Å². The number of carbonyl (C=O) groups is 1. The minimum Gasteiger partial charge on any atom is -0.493 e. The maximum Gasteiger partial charge on any atom is 0.539 e. The Balaban J connectivity index is 1.42. The Morgan fingerprint density at radius 2 is 1.52 bits per heavy atom. The summed E-state index contributed by atoms with van der Waals surface area (Å²) in [5, 5.41) is 45.4. The van der Waals surface area contributed by atoms with Crippen molar-refractivity contribution < 1.29 is 43.6 Å². The Kier molecular flexibility index (Phi) is 18.3. The van der Waals surface area contributed by atoms with E-state index in [-0.39, 0.29) is 36.7 Å². The Morgan fingerprint density at radius 1 is 0.905 bits per heavy atom. The van der Waals surface area contributed by atoms with E-state index in [0.29, 0.717) is 97.7 Å². The number of oxime groups is 1. The van der Waals surface area contributed by atoms with E-state index in [1.165, 1.54) is 39.6 Å². The number of methoxy groups -OCH3 is 2. The topological polar surface area (TPSA) is 255 Å². The molecule has 17 heteroatoms. The number of nitriles is 2. The molecule has 2 saturated carbocycles. The fourth-order valence-corrected chi connectivity index (χ4v) is 7.28. The van der Waals surface area contributed by atoms with Gasteiger partial charge in [0.25, 0.3) is 5.90 Å². The number of nitrogens with one attached hydrogen (secondary N) is 1. The number of rotatable bonds is 17. The Labute approximate surface area is 368 Å². The Morgan fingerprint density at radius 3 is 2.08 bits per heavy atom. The van der Waals surface area contributed by atoms with Crippen molar-refractivity contribution in [1.29, 1.82) is 10.5 Å². The maximum atomic E-state index is 13.2. The molecule has 0 unspecified atom stereocenters. The minimum absolute atomic E-state index is 0.0181. The van der Waals surface area contributed by atoms with Crippen LogP contribution < -0.4 is 26.3 Å². The molecule has 0 spiro atoms. The number of allylic oxidation sites excluding steroid dienone is 4. The lowest BCUT2D eigenvalue weighted by atomic mass is 9.80. The predicted molar refractivity (Wildman–Crippen MR) is 243 cm³/mol. The van der Waals surface area contributed by atoms with Crippen molar-refractivity contribution in [3.8, 4) is 23.6 Å². The van der Waals surface area contributed by atoms with Crippen LogP contribution in [0.15, 0.2) is 82.4 Å². The van der Waals surface area contributed by atoms with E-state index in [2.05, 4.69) is 29.2 Å². The molecule has 334 valence electrons. The van der Waals surface area contributed by atoms with E-state index in [1.807, 2.05) is 19.1 Å². The number of hydrogen-bond donors (Lipinski definition) is 5. The third kappa shape index (κ3) is 13.7. The van der Waals surface area contributed by atoms with Gasteiger partial charge in [-0.15, -0.1) is 0 Å². The summed E-state index contributed by atoms with van der Waals surface area (Å²) in [6, 6.07) is 10.4. The average Bonchev–Trinajstić information content (AvgIpc) is 3.27. The molecule has 7 N–H and O–H groups in total. The van der Waals surface area contributed by atoms with Gasteiger partial charge in [0, 0.05) is 69.5 Å². The van der Waals surface area contributed by atoms with Crippen molar-refractivity contribution in [2.45, 2.75) is 94.4 Å². The molecule has 0 heterocycles. The molecule has 0 atom stereocenters. The number of hydrogen-bond acceptors (Lipinski definition) is 15. The molecule has 17 nitrogen and oxygen atoms in total. The van der Waals surface area contributed by atoms with Crippen molar-refractivity contribution in [2.75, 3.05) is 44.7 Å². The molecule has 2 aromatic carbocycles. The number of anilines is 3. The van der Waals surface area contributed by atoms with Gasteiger partial charge in [-0.2, -0.15) is 20.6 Å². The van der Waals surface area contributed by atoms with Crippen molar-refractivity contribution in [2.24, 2.45) is 15.1 Å². The van der Waals surface area contributed by atoms with Crippen LogP contribution in [-0.2, 0) is 14.3 Å². The number of aliphatic imine (C=N–C) groups is 2. The zero-order valence-corrected chi connectivity index (χ0v) is 36.3. The normalized spacial score (nSPS) is 22.2. The van der Waals surface area contributed by atoms with Crippen molar-refractivity contribution in [3.05, 3.63) is 84.0 Å². The standard InChI is InChI=1S/C46H57N9O8/c1-6-8-13-43(60-4)55(61-5)44(56)53-39-27-34(38(50)29-41(39)59-3)31-52-36-16-20-46(21-17-36,23-25-48)63-42(54-58)12-10-9-11-32-26-33(37(49)28-40(32)62-7-2)30-51-35-14-18-45(57,19-15-35)22-24-47/h6,8-13,26-31,35-36,57H,1,7,14-23H2,2-5H3,(H5-,49,50,51,52,53,54,56,58)/p+1/b13-8-,55-43-. The van der Waals surface area contributed by atoms with Gasteiger partial charge in [-0.1, -0.05) is 37.0 Å². The van der Waals surface area contributed by atoms with E-state index >= 15 is 0 Å². The lowest BCUT2D eigenvalue weighted by Gasteiger charge is -2.37. The van der Waals surface area contributed by atoms with Gasteiger partial charge in [-0.25, -0.2) is 0 Å². The number of nitrogens with two attached hydrogens (primary N) is 2. The van der Waals surface area contributed by atoms with Crippen LogP contribution in [0.25, 0.3) is 6.08 Å².